The van der Waals surface area contributed by atoms with Gasteiger partial charge in [0.2, 0.25) is 0 Å². The maximum Gasteiger partial charge on any atom is 0.407 e. The van der Waals surface area contributed by atoms with Crippen molar-refractivity contribution in [1.29, 1.82) is 0 Å². The number of nitrogens with one attached hydrogen (secondary N) is 2. The lowest BCUT2D eigenvalue weighted by Gasteiger charge is -2.37. The van der Waals surface area contributed by atoms with Crippen LogP contribution in [0.1, 0.15) is 18.4 Å². The van der Waals surface area contributed by atoms with E-state index in [4.69, 9.17) is 4.74 Å². The van der Waals surface area contributed by atoms with E-state index < -0.39 is 0 Å². The van der Waals surface area contributed by atoms with Gasteiger partial charge in [-0.25, -0.2) is 4.79 Å². The minimum Gasteiger partial charge on any atom is -0.445 e. The average Bonchev–Trinajstić information content (AvgIpc) is 2.95. The van der Waals surface area contributed by atoms with Crippen LogP contribution in [0.5, 0.6) is 0 Å². The zero-order valence-corrected chi connectivity index (χ0v) is 10.3. The number of amides is 1. The van der Waals surface area contributed by atoms with Crippen molar-refractivity contribution in [2.75, 3.05) is 13.1 Å². The predicted octanol–water partition coefficient (Wildman–Crippen LogP) is 1.66. The van der Waals surface area contributed by atoms with E-state index in [1.165, 1.54) is 12.8 Å². The molecule has 3 fully saturated rings. The summed E-state index contributed by atoms with van der Waals surface area (Å²) < 4.78 is 5.17. The van der Waals surface area contributed by atoms with Crippen molar-refractivity contribution < 1.29 is 9.53 Å². The Morgan fingerprint density at radius 1 is 1.39 bits per heavy atom. The van der Waals surface area contributed by atoms with Gasteiger partial charge in [-0.15, -0.1) is 0 Å². The van der Waals surface area contributed by atoms with E-state index in [1.807, 2.05) is 30.3 Å². The number of hydrogen-bond acceptors (Lipinski definition) is 3. The molecule has 4 heteroatoms. The zero-order chi connectivity index (χ0) is 12.4. The predicted molar refractivity (Wildman–Crippen MR) is 68.1 cm³/mol. The second-order valence-electron chi connectivity index (χ2n) is 5.35. The molecule has 18 heavy (non-hydrogen) atoms. The van der Waals surface area contributed by atoms with Crippen molar-refractivity contribution in [3.8, 4) is 0 Å². The zero-order valence-electron chi connectivity index (χ0n) is 10.3. The molecule has 1 aromatic rings. The lowest BCUT2D eigenvalue weighted by atomic mass is 9.74. The molecule has 4 rings (SSSR count). The van der Waals surface area contributed by atoms with Gasteiger partial charge in [-0.3, -0.25) is 0 Å². The molecule has 4 nitrogen and oxygen atoms in total. The molecule has 3 aliphatic rings. The molecule has 96 valence electrons. The first-order chi connectivity index (χ1) is 8.76. The van der Waals surface area contributed by atoms with Crippen LogP contribution in [0.4, 0.5) is 4.79 Å². The van der Waals surface area contributed by atoms with Crippen molar-refractivity contribution in [3.05, 3.63) is 35.9 Å². The Balaban J connectivity index is 1.40. The Kier molecular flexibility index (Phi) is 2.96. The summed E-state index contributed by atoms with van der Waals surface area (Å²) in [6.45, 7) is 2.10. The molecular weight excluding hydrogens is 228 g/mol. The van der Waals surface area contributed by atoms with Gasteiger partial charge >= 0.3 is 6.09 Å². The Morgan fingerprint density at radius 2 is 2.17 bits per heavy atom. The van der Waals surface area contributed by atoms with Crippen LogP contribution in [0.25, 0.3) is 0 Å². The smallest absolute Gasteiger partial charge is 0.407 e. The molecule has 2 aliphatic heterocycles. The van der Waals surface area contributed by atoms with Gasteiger partial charge in [-0.2, -0.15) is 0 Å². The summed E-state index contributed by atoms with van der Waals surface area (Å²) in [5, 5.41) is 6.32. The van der Waals surface area contributed by atoms with Crippen molar-refractivity contribution >= 4 is 6.09 Å². The second kappa shape index (κ2) is 4.61. The maximum absolute atomic E-state index is 11.6. The standard InChI is InChI=1S/C14H18N2O2/c17-13(18-9-11-4-2-1-3-5-11)15-10-14-6-12(7-14)8-16-14/h1-5,12,16H,6-10H2,(H,15,17). The number of carbonyl (C=O) groups is 1. The fourth-order valence-corrected chi connectivity index (χ4v) is 2.92. The lowest BCUT2D eigenvalue weighted by Crippen LogP contribution is -2.52. The Hall–Kier alpha value is -1.55. The lowest BCUT2D eigenvalue weighted by molar-refractivity contribution is 0.131. The molecule has 2 N–H and O–H groups in total. The number of ether oxygens (including phenoxy) is 1. The number of carbonyl (C=O) groups excluding carboxylic acids is 1. The van der Waals surface area contributed by atoms with Crippen LogP contribution in [-0.2, 0) is 11.3 Å². The normalized spacial score (nSPS) is 28.6. The highest BCUT2D eigenvalue weighted by Crippen LogP contribution is 2.42. The van der Waals surface area contributed by atoms with E-state index in [0.717, 1.165) is 18.0 Å². The van der Waals surface area contributed by atoms with Gasteiger partial charge in [0, 0.05) is 12.1 Å². The monoisotopic (exact) mass is 246 g/mol. The summed E-state index contributed by atoms with van der Waals surface area (Å²) in [7, 11) is 0. The first-order valence-electron chi connectivity index (χ1n) is 6.45. The van der Waals surface area contributed by atoms with E-state index >= 15 is 0 Å². The summed E-state index contributed by atoms with van der Waals surface area (Å²) >= 11 is 0. The number of fused-ring (bicyclic) bond motifs is 1. The van der Waals surface area contributed by atoms with Gasteiger partial charge in [0.1, 0.15) is 6.61 Å². The number of hydrogen-bond donors (Lipinski definition) is 2. The Bertz CT molecular complexity index is 421. The fraction of sp³-hybridized carbons (Fsp3) is 0.500. The average molecular weight is 246 g/mol. The number of rotatable bonds is 4. The molecule has 0 spiro atoms. The maximum atomic E-state index is 11.6. The van der Waals surface area contributed by atoms with Gasteiger partial charge in [0.15, 0.2) is 0 Å². The minimum absolute atomic E-state index is 0.163. The quantitative estimate of drug-likeness (QED) is 0.849. The third-order valence-corrected chi connectivity index (χ3v) is 3.91. The van der Waals surface area contributed by atoms with Crippen molar-refractivity contribution in [1.82, 2.24) is 10.6 Å². The topological polar surface area (TPSA) is 50.4 Å². The minimum atomic E-state index is -0.328. The summed E-state index contributed by atoms with van der Waals surface area (Å²) in [5.41, 5.74) is 1.17. The van der Waals surface area contributed by atoms with E-state index in [2.05, 4.69) is 10.6 Å². The summed E-state index contributed by atoms with van der Waals surface area (Å²) in [4.78, 5) is 11.6. The van der Waals surface area contributed by atoms with Crippen molar-refractivity contribution in [2.45, 2.75) is 25.0 Å². The first kappa shape index (κ1) is 11.5. The van der Waals surface area contributed by atoms with E-state index in [1.54, 1.807) is 0 Å². The molecule has 2 heterocycles. The Labute approximate surface area is 107 Å². The van der Waals surface area contributed by atoms with Crippen molar-refractivity contribution in [3.63, 3.8) is 0 Å². The van der Waals surface area contributed by atoms with Gasteiger partial charge < -0.3 is 15.4 Å². The molecular formula is C14H18N2O2. The highest BCUT2D eigenvalue weighted by atomic mass is 16.5. The van der Waals surface area contributed by atoms with Gasteiger partial charge in [-0.1, -0.05) is 30.3 Å². The van der Waals surface area contributed by atoms with Crippen molar-refractivity contribution in [2.24, 2.45) is 5.92 Å². The SMILES string of the molecule is O=C(NCC12CC(CN1)C2)OCc1ccccc1. The van der Waals surface area contributed by atoms with Gasteiger partial charge in [-0.05, 0) is 30.9 Å². The molecule has 0 unspecified atom stereocenters. The van der Waals surface area contributed by atoms with E-state index in [0.29, 0.717) is 13.2 Å². The largest absolute Gasteiger partial charge is 0.445 e. The molecule has 1 aromatic carbocycles. The Morgan fingerprint density at radius 3 is 2.83 bits per heavy atom. The second-order valence-corrected chi connectivity index (χ2v) is 5.35. The molecule has 0 aromatic heterocycles. The van der Waals surface area contributed by atoms with Crippen LogP contribution < -0.4 is 10.6 Å². The highest BCUT2D eigenvalue weighted by Gasteiger charge is 2.49. The van der Waals surface area contributed by atoms with Crippen LogP contribution in [0, 0.1) is 5.92 Å². The molecule has 1 aliphatic carbocycles. The molecule has 2 saturated heterocycles. The van der Waals surface area contributed by atoms with E-state index in [9.17, 15) is 4.79 Å². The van der Waals surface area contributed by atoms with Crippen LogP contribution in [0.15, 0.2) is 30.3 Å². The third kappa shape index (κ3) is 2.34. The van der Waals surface area contributed by atoms with Crippen LogP contribution in [-0.4, -0.2) is 24.7 Å². The van der Waals surface area contributed by atoms with Crippen LogP contribution in [0.2, 0.25) is 0 Å². The van der Waals surface area contributed by atoms with Gasteiger partial charge in [0.25, 0.3) is 0 Å². The summed E-state index contributed by atoms with van der Waals surface area (Å²) in [6, 6.07) is 9.71. The van der Waals surface area contributed by atoms with E-state index in [-0.39, 0.29) is 11.6 Å². The summed E-state index contributed by atoms with van der Waals surface area (Å²) in [6.07, 6.45) is 2.04. The van der Waals surface area contributed by atoms with Crippen LogP contribution >= 0.6 is 0 Å². The first-order valence-corrected chi connectivity index (χ1v) is 6.45. The third-order valence-electron chi connectivity index (χ3n) is 3.91. The number of alkyl carbamates (subject to hydrolysis) is 1. The molecule has 0 radical (unpaired) electrons. The fourth-order valence-electron chi connectivity index (χ4n) is 2.92. The molecule has 0 atom stereocenters. The summed E-state index contributed by atoms with van der Waals surface area (Å²) in [5.74, 6) is 0.826. The molecule has 1 amide bonds. The van der Waals surface area contributed by atoms with Gasteiger partial charge in [0.05, 0.1) is 0 Å². The highest BCUT2D eigenvalue weighted by molar-refractivity contribution is 5.67. The molecule has 2 bridgehead atoms. The van der Waals surface area contributed by atoms with Crippen LogP contribution in [0.3, 0.4) is 0 Å². The number of benzene rings is 1. The molecule has 1 saturated carbocycles.